The lowest BCUT2D eigenvalue weighted by Crippen LogP contribution is -2.45. The predicted octanol–water partition coefficient (Wildman–Crippen LogP) is 2.01. The smallest absolute Gasteiger partial charge is 0.158 e. The molecule has 0 aromatic carbocycles. The Bertz CT molecular complexity index is 424. The molecule has 0 amide bonds. The van der Waals surface area contributed by atoms with Gasteiger partial charge in [-0.3, -0.25) is 9.48 Å². The van der Waals surface area contributed by atoms with E-state index in [0.717, 1.165) is 17.8 Å². The minimum atomic E-state index is -0.781. The summed E-state index contributed by atoms with van der Waals surface area (Å²) in [5.74, 6) is 0.00394. The molecule has 0 aliphatic rings. The molecule has 1 aromatic heterocycles. The van der Waals surface area contributed by atoms with E-state index >= 15 is 0 Å². The van der Waals surface area contributed by atoms with E-state index in [4.69, 9.17) is 17.3 Å². The van der Waals surface area contributed by atoms with Gasteiger partial charge in [0.1, 0.15) is 0 Å². The van der Waals surface area contributed by atoms with E-state index < -0.39 is 5.54 Å². The van der Waals surface area contributed by atoms with Crippen LogP contribution in [0.2, 0.25) is 5.02 Å². The fourth-order valence-corrected chi connectivity index (χ4v) is 2.11. The van der Waals surface area contributed by atoms with Crippen molar-refractivity contribution in [1.29, 1.82) is 0 Å². The van der Waals surface area contributed by atoms with E-state index in [1.54, 1.807) is 18.7 Å². The quantitative estimate of drug-likeness (QED) is 0.878. The number of hydrogen-bond acceptors (Lipinski definition) is 3. The van der Waals surface area contributed by atoms with E-state index in [2.05, 4.69) is 5.10 Å². The summed E-state index contributed by atoms with van der Waals surface area (Å²) in [6.45, 7) is 5.61. The van der Waals surface area contributed by atoms with E-state index in [0.29, 0.717) is 11.4 Å². The number of rotatable bonds is 5. The van der Waals surface area contributed by atoms with Crippen LogP contribution < -0.4 is 5.73 Å². The lowest BCUT2D eigenvalue weighted by atomic mass is 9.90. The molecular formula is C12H20ClN3O. The van der Waals surface area contributed by atoms with Gasteiger partial charge < -0.3 is 5.73 Å². The van der Waals surface area contributed by atoms with Gasteiger partial charge in [-0.25, -0.2) is 0 Å². The minimum Gasteiger partial charge on any atom is -0.319 e. The molecule has 2 N–H and O–H groups in total. The first-order valence-electron chi connectivity index (χ1n) is 5.79. The molecule has 0 bridgehead atoms. The molecule has 1 atom stereocenters. The second kappa shape index (κ2) is 5.19. The highest BCUT2D eigenvalue weighted by Gasteiger charge is 2.28. The Morgan fingerprint density at radius 3 is 2.59 bits per heavy atom. The van der Waals surface area contributed by atoms with E-state index in [9.17, 15) is 4.79 Å². The molecule has 17 heavy (non-hydrogen) atoms. The first-order valence-corrected chi connectivity index (χ1v) is 6.17. The molecule has 1 rings (SSSR count). The van der Waals surface area contributed by atoms with Gasteiger partial charge in [-0.1, -0.05) is 24.9 Å². The number of nitrogens with two attached hydrogens (primary N) is 1. The molecule has 0 radical (unpaired) electrons. The molecule has 0 spiro atoms. The number of aromatic nitrogens is 2. The van der Waals surface area contributed by atoms with Crippen molar-refractivity contribution >= 4 is 17.4 Å². The molecule has 0 aliphatic carbocycles. The second-order valence-corrected chi connectivity index (χ2v) is 5.12. The highest BCUT2D eigenvalue weighted by atomic mass is 35.5. The standard InChI is InChI=1S/C12H20ClN3O/c1-5-6-12(3,14)10(17)7-9-11(13)8(2)15-16(9)4/h5-7,14H2,1-4H3. The Morgan fingerprint density at radius 1 is 1.59 bits per heavy atom. The molecule has 96 valence electrons. The van der Waals surface area contributed by atoms with Crippen molar-refractivity contribution in [2.75, 3.05) is 0 Å². The summed E-state index contributed by atoms with van der Waals surface area (Å²) in [6.07, 6.45) is 1.81. The summed E-state index contributed by atoms with van der Waals surface area (Å²) in [6, 6.07) is 0. The van der Waals surface area contributed by atoms with Crippen molar-refractivity contribution in [2.24, 2.45) is 12.8 Å². The third-order valence-corrected chi connectivity index (χ3v) is 3.49. The molecule has 0 saturated carbocycles. The third kappa shape index (κ3) is 3.07. The predicted molar refractivity (Wildman–Crippen MR) is 69.2 cm³/mol. The van der Waals surface area contributed by atoms with Gasteiger partial charge in [0, 0.05) is 7.05 Å². The Morgan fingerprint density at radius 2 is 2.18 bits per heavy atom. The van der Waals surface area contributed by atoms with Gasteiger partial charge in [0.25, 0.3) is 0 Å². The normalized spacial score (nSPS) is 14.7. The number of hydrogen-bond donors (Lipinski definition) is 1. The van der Waals surface area contributed by atoms with Crippen LogP contribution in [0.15, 0.2) is 0 Å². The lowest BCUT2D eigenvalue weighted by molar-refractivity contribution is -0.123. The van der Waals surface area contributed by atoms with Gasteiger partial charge >= 0.3 is 0 Å². The maximum absolute atomic E-state index is 12.1. The van der Waals surface area contributed by atoms with Crippen molar-refractivity contribution in [3.8, 4) is 0 Å². The number of carbonyl (C=O) groups excluding carboxylic acids is 1. The molecular weight excluding hydrogens is 238 g/mol. The van der Waals surface area contributed by atoms with E-state index in [1.165, 1.54) is 0 Å². The SMILES string of the molecule is CCCC(C)(N)C(=O)Cc1c(Cl)c(C)nn1C. The zero-order chi connectivity index (χ0) is 13.2. The molecule has 1 unspecified atom stereocenters. The fourth-order valence-electron chi connectivity index (χ4n) is 1.88. The maximum atomic E-state index is 12.1. The van der Waals surface area contributed by atoms with Crippen LogP contribution in [0.1, 0.15) is 38.1 Å². The van der Waals surface area contributed by atoms with Gasteiger partial charge in [-0.05, 0) is 20.3 Å². The first-order chi connectivity index (χ1) is 7.79. The van der Waals surface area contributed by atoms with Gasteiger partial charge in [0.15, 0.2) is 5.78 Å². The van der Waals surface area contributed by atoms with Crippen molar-refractivity contribution in [2.45, 2.75) is 45.6 Å². The average molecular weight is 258 g/mol. The number of Topliss-reactive ketones (excluding diaryl/α,β-unsaturated/α-hetero) is 1. The zero-order valence-electron chi connectivity index (χ0n) is 10.9. The Hall–Kier alpha value is -0.870. The summed E-state index contributed by atoms with van der Waals surface area (Å²) in [5.41, 5.74) is 6.70. The molecule has 0 saturated heterocycles. The first kappa shape index (κ1) is 14.2. The molecule has 1 heterocycles. The molecule has 5 heteroatoms. The zero-order valence-corrected chi connectivity index (χ0v) is 11.6. The van der Waals surface area contributed by atoms with Crippen LogP contribution in [0.3, 0.4) is 0 Å². The number of aryl methyl sites for hydroxylation is 2. The fraction of sp³-hybridized carbons (Fsp3) is 0.667. The highest BCUT2D eigenvalue weighted by molar-refractivity contribution is 6.32. The number of halogens is 1. The van der Waals surface area contributed by atoms with Crippen LogP contribution in [0, 0.1) is 6.92 Å². The summed E-state index contributed by atoms with van der Waals surface area (Å²) in [4.78, 5) is 12.1. The van der Waals surface area contributed by atoms with E-state index in [-0.39, 0.29) is 12.2 Å². The summed E-state index contributed by atoms with van der Waals surface area (Å²) < 4.78 is 1.65. The van der Waals surface area contributed by atoms with Crippen LogP contribution in [0.25, 0.3) is 0 Å². The lowest BCUT2D eigenvalue weighted by Gasteiger charge is -2.22. The van der Waals surface area contributed by atoms with Crippen LogP contribution in [0.5, 0.6) is 0 Å². The van der Waals surface area contributed by atoms with Crippen molar-refractivity contribution in [1.82, 2.24) is 9.78 Å². The molecule has 4 nitrogen and oxygen atoms in total. The third-order valence-electron chi connectivity index (χ3n) is 3.00. The van der Waals surface area contributed by atoms with Gasteiger partial charge in [-0.2, -0.15) is 5.10 Å². The monoisotopic (exact) mass is 257 g/mol. The summed E-state index contributed by atoms with van der Waals surface area (Å²) in [7, 11) is 1.79. The van der Waals surface area contributed by atoms with Gasteiger partial charge in [0.2, 0.25) is 0 Å². The van der Waals surface area contributed by atoms with Crippen LogP contribution >= 0.6 is 11.6 Å². The van der Waals surface area contributed by atoms with Crippen LogP contribution in [-0.2, 0) is 18.3 Å². The van der Waals surface area contributed by atoms with E-state index in [1.807, 2.05) is 13.8 Å². The Labute approximate surface area is 107 Å². The number of carbonyl (C=O) groups is 1. The summed E-state index contributed by atoms with van der Waals surface area (Å²) >= 11 is 6.11. The summed E-state index contributed by atoms with van der Waals surface area (Å²) in [5, 5.41) is 4.75. The van der Waals surface area contributed by atoms with Gasteiger partial charge in [0.05, 0.1) is 28.4 Å². The maximum Gasteiger partial charge on any atom is 0.158 e. The highest BCUT2D eigenvalue weighted by Crippen LogP contribution is 2.22. The van der Waals surface area contributed by atoms with Crippen LogP contribution in [0.4, 0.5) is 0 Å². The Kier molecular flexibility index (Phi) is 4.33. The topological polar surface area (TPSA) is 60.9 Å². The molecule has 1 aromatic rings. The van der Waals surface area contributed by atoms with Crippen molar-refractivity contribution < 1.29 is 4.79 Å². The largest absolute Gasteiger partial charge is 0.319 e. The Balaban J connectivity index is 2.88. The number of ketones is 1. The molecule has 0 fully saturated rings. The van der Waals surface area contributed by atoms with Crippen molar-refractivity contribution in [3.05, 3.63) is 16.4 Å². The van der Waals surface area contributed by atoms with Crippen molar-refractivity contribution in [3.63, 3.8) is 0 Å². The van der Waals surface area contributed by atoms with Crippen LogP contribution in [-0.4, -0.2) is 21.1 Å². The number of nitrogens with zero attached hydrogens (tertiary/aromatic N) is 2. The van der Waals surface area contributed by atoms with Gasteiger partial charge in [-0.15, -0.1) is 0 Å². The minimum absolute atomic E-state index is 0.00394. The average Bonchev–Trinajstić information content (AvgIpc) is 2.45. The second-order valence-electron chi connectivity index (χ2n) is 4.74. The molecule has 0 aliphatic heterocycles.